The molecule has 2 saturated heterocycles. The molecule has 4 heteroatoms. The van der Waals surface area contributed by atoms with Gasteiger partial charge in [-0.3, -0.25) is 4.79 Å². The van der Waals surface area contributed by atoms with E-state index in [0.717, 1.165) is 49.5 Å². The maximum Gasteiger partial charge on any atom is 0.302 e. The van der Waals surface area contributed by atoms with Gasteiger partial charge in [-0.1, -0.05) is 27.7 Å². The fourth-order valence-electron chi connectivity index (χ4n) is 10.6. The first-order chi connectivity index (χ1) is 15.7. The molecule has 0 aromatic carbocycles. The van der Waals surface area contributed by atoms with E-state index in [1.807, 2.05) is 0 Å². The van der Waals surface area contributed by atoms with Gasteiger partial charge in [-0.25, -0.2) is 0 Å². The van der Waals surface area contributed by atoms with Crippen LogP contribution in [0, 0.1) is 52.3 Å². The standard InChI is InChI=1S/C29H46O4/c1-17-8-13-29(31-16-17)18(2)26-25(33-29)15-24-22-7-6-20-14-21(32-19(3)30)9-11-27(20,4)23(22)10-12-28(24,26)5/h17-18,20-26H,6-16H2,1-5H3/t17-,18+,20+,21-,22-,23?,24?,25+,26?,27+,28+,29-/m1/s1. The molecular weight excluding hydrogens is 412 g/mol. The van der Waals surface area contributed by atoms with E-state index in [1.165, 1.54) is 44.9 Å². The van der Waals surface area contributed by atoms with Gasteiger partial charge in [-0.2, -0.15) is 0 Å². The normalized spacial score (nSPS) is 57.7. The lowest BCUT2D eigenvalue weighted by atomic mass is 9.44. The number of carbonyl (C=O) groups is 1. The number of esters is 1. The lowest BCUT2D eigenvalue weighted by Crippen LogP contribution is -2.55. The van der Waals surface area contributed by atoms with E-state index in [4.69, 9.17) is 14.2 Å². The molecule has 2 heterocycles. The van der Waals surface area contributed by atoms with E-state index in [0.29, 0.717) is 34.7 Å². The Morgan fingerprint density at radius 3 is 2.42 bits per heavy atom. The van der Waals surface area contributed by atoms with Crippen LogP contribution in [0.25, 0.3) is 0 Å². The van der Waals surface area contributed by atoms with E-state index >= 15 is 0 Å². The molecule has 0 aromatic heterocycles. The summed E-state index contributed by atoms with van der Waals surface area (Å²) in [6.07, 6.45) is 12.9. The third kappa shape index (κ3) is 3.25. The Labute approximate surface area is 200 Å². The van der Waals surface area contributed by atoms with Crippen molar-refractivity contribution in [2.75, 3.05) is 6.61 Å². The molecule has 0 radical (unpaired) electrons. The lowest BCUT2D eigenvalue weighted by molar-refractivity contribution is -0.273. The van der Waals surface area contributed by atoms with Crippen molar-refractivity contribution in [2.45, 2.75) is 117 Å². The number of carbonyl (C=O) groups excluding carboxylic acids is 1. The largest absolute Gasteiger partial charge is 0.463 e. The minimum absolute atomic E-state index is 0.105. The van der Waals surface area contributed by atoms with Crippen LogP contribution < -0.4 is 0 Å². The monoisotopic (exact) mass is 458 g/mol. The molecule has 33 heavy (non-hydrogen) atoms. The van der Waals surface area contributed by atoms with Crippen molar-refractivity contribution in [3.63, 3.8) is 0 Å². The van der Waals surface area contributed by atoms with Gasteiger partial charge in [0.05, 0.1) is 12.7 Å². The summed E-state index contributed by atoms with van der Waals surface area (Å²) < 4.78 is 19.1. The molecule has 0 aromatic rings. The quantitative estimate of drug-likeness (QED) is 0.429. The predicted octanol–water partition coefficient (Wildman–Crippen LogP) is 6.36. The number of hydrogen-bond acceptors (Lipinski definition) is 4. The molecular formula is C29H46O4. The Bertz CT molecular complexity index is 786. The molecule has 2 aliphatic heterocycles. The minimum Gasteiger partial charge on any atom is -0.463 e. The average Bonchev–Trinajstić information content (AvgIpc) is 3.21. The maximum absolute atomic E-state index is 11.5. The maximum atomic E-state index is 11.5. The first-order valence-electron chi connectivity index (χ1n) is 14.2. The Kier molecular flexibility index (Phi) is 5.32. The fraction of sp³-hybridized carbons (Fsp3) is 0.966. The molecule has 4 saturated carbocycles. The lowest BCUT2D eigenvalue weighted by Gasteiger charge is -2.61. The van der Waals surface area contributed by atoms with Crippen molar-refractivity contribution in [1.29, 1.82) is 0 Å². The Morgan fingerprint density at radius 2 is 1.70 bits per heavy atom. The third-order valence-electron chi connectivity index (χ3n) is 12.2. The highest BCUT2D eigenvalue weighted by Crippen LogP contribution is 2.71. The summed E-state index contributed by atoms with van der Waals surface area (Å²) in [5.41, 5.74) is 0.828. The molecule has 0 amide bonds. The third-order valence-corrected chi connectivity index (χ3v) is 12.2. The number of fused-ring (bicyclic) bond motifs is 7. The zero-order chi connectivity index (χ0) is 23.2. The fourth-order valence-corrected chi connectivity index (χ4v) is 10.6. The summed E-state index contributed by atoms with van der Waals surface area (Å²) in [5.74, 6) is 4.63. The van der Waals surface area contributed by atoms with Crippen LogP contribution in [-0.4, -0.2) is 30.6 Å². The van der Waals surface area contributed by atoms with Crippen LogP contribution in [0.15, 0.2) is 0 Å². The van der Waals surface area contributed by atoms with Crippen molar-refractivity contribution in [3.05, 3.63) is 0 Å². The Balaban J connectivity index is 1.21. The zero-order valence-electron chi connectivity index (χ0n) is 21.6. The van der Waals surface area contributed by atoms with Crippen molar-refractivity contribution >= 4 is 5.97 Å². The summed E-state index contributed by atoms with van der Waals surface area (Å²) in [5, 5.41) is 0. The highest BCUT2D eigenvalue weighted by Gasteiger charge is 2.69. The SMILES string of the molecule is CC(=O)O[C@@H]1CC[C@]2(C)C3CC[C@@]4(C)C(C[C@@H]5O[C@]6(CC[C@@H](C)CO6)[C@@H](C)C54)[C@@H]3CC[C@H]2C1. The van der Waals surface area contributed by atoms with Crippen molar-refractivity contribution < 1.29 is 19.0 Å². The summed E-state index contributed by atoms with van der Waals surface area (Å²) in [7, 11) is 0. The molecule has 3 unspecified atom stereocenters. The highest BCUT2D eigenvalue weighted by atomic mass is 16.7. The van der Waals surface area contributed by atoms with E-state index in [-0.39, 0.29) is 17.9 Å². The summed E-state index contributed by atoms with van der Waals surface area (Å²) in [4.78, 5) is 11.5. The van der Waals surface area contributed by atoms with Crippen LogP contribution in [0.2, 0.25) is 0 Å². The molecule has 6 rings (SSSR count). The van der Waals surface area contributed by atoms with E-state index < -0.39 is 0 Å². The first-order valence-corrected chi connectivity index (χ1v) is 14.2. The molecule has 0 N–H and O–H groups in total. The van der Waals surface area contributed by atoms with E-state index in [2.05, 4.69) is 27.7 Å². The van der Waals surface area contributed by atoms with Crippen LogP contribution in [0.3, 0.4) is 0 Å². The predicted molar refractivity (Wildman–Crippen MR) is 127 cm³/mol. The Hall–Kier alpha value is -0.610. The molecule has 4 nitrogen and oxygen atoms in total. The van der Waals surface area contributed by atoms with Crippen molar-refractivity contribution in [3.8, 4) is 0 Å². The molecule has 6 aliphatic rings. The Morgan fingerprint density at radius 1 is 0.909 bits per heavy atom. The molecule has 0 bridgehead atoms. The second-order valence-corrected chi connectivity index (χ2v) is 13.7. The van der Waals surface area contributed by atoms with Gasteiger partial charge in [0.2, 0.25) is 0 Å². The van der Waals surface area contributed by atoms with Gasteiger partial charge in [-0.05, 0) is 104 Å². The molecule has 4 aliphatic carbocycles. The van der Waals surface area contributed by atoms with Gasteiger partial charge in [0, 0.05) is 19.3 Å². The van der Waals surface area contributed by atoms with Crippen LogP contribution in [-0.2, 0) is 19.0 Å². The smallest absolute Gasteiger partial charge is 0.302 e. The summed E-state index contributed by atoms with van der Waals surface area (Å²) in [6, 6.07) is 0. The molecule has 12 atom stereocenters. The van der Waals surface area contributed by atoms with E-state index in [1.54, 1.807) is 6.92 Å². The van der Waals surface area contributed by atoms with Gasteiger partial charge in [0.1, 0.15) is 6.10 Å². The van der Waals surface area contributed by atoms with Crippen LogP contribution in [0.4, 0.5) is 0 Å². The summed E-state index contributed by atoms with van der Waals surface area (Å²) >= 11 is 0. The second-order valence-electron chi connectivity index (χ2n) is 13.7. The van der Waals surface area contributed by atoms with Gasteiger partial charge in [0.15, 0.2) is 5.79 Å². The zero-order valence-corrected chi connectivity index (χ0v) is 21.6. The summed E-state index contributed by atoms with van der Waals surface area (Å²) in [6.45, 7) is 12.4. The number of rotatable bonds is 1. The van der Waals surface area contributed by atoms with Crippen LogP contribution >= 0.6 is 0 Å². The van der Waals surface area contributed by atoms with Crippen LogP contribution in [0.1, 0.15) is 98.8 Å². The van der Waals surface area contributed by atoms with Gasteiger partial charge in [-0.15, -0.1) is 0 Å². The van der Waals surface area contributed by atoms with Crippen LogP contribution in [0.5, 0.6) is 0 Å². The topological polar surface area (TPSA) is 44.8 Å². The first kappa shape index (κ1) is 22.8. The average molecular weight is 459 g/mol. The molecule has 1 spiro atoms. The van der Waals surface area contributed by atoms with Crippen molar-refractivity contribution in [1.82, 2.24) is 0 Å². The van der Waals surface area contributed by atoms with Gasteiger partial charge < -0.3 is 14.2 Å². The van der Waals surface area contributed by atoms with Gasteiger partial charge >= 0.3 is 5.97 Å². The van der Waals surface area contributed by atoms with Gasteiger partial charge in [0.25, 0.3) is 0 Å². The number of hydrogen-bond donors (Lipinski definition) is 0. The molecule has 186 valence electrons. The van der Waals surface area contributed by atoms with E-state index in [9.17, 15) is 4.79 Å². The highest BCUT2D eigenvalue weighted by molar-refractivity contribution is 5.66. The van der Waals surface area contributed by atoms with Crippen molar-refractivity contribution in [2.24, 2.45) is 52.3 Å². The minimum atomic E-state index is -0.300. The number of ether oxygens (including phenoxy) is 3. The molecule has 6 fully saturated rings. The second kappa shape index (κ2) is 7.69.